The lowest BCUT2D eigenvalue weighted by molar-refractivity contribution is -0.142. The number of fused-ring (bicyclic) bond motifs is 1. The number of ether oxygens (including phenoxy) is 5. The highest BCUT2D eigenvalue weighted by atomic mass is 32.2. The molecule has 0 saturated heterocycles. The Morgan fingerprint density at radius 2 is 1.58 bits per heavy atom. The maximum absolute atomic E-state index is 13.7. The molecule has 60 heavy (non-hydrogen) atoms. The number of aryl methyl sites for hydroxylation is 4. The molecule has 2 amide bonds. The van der Waals surface area contributed by atoms with E-state index in [1.54, 1.807) is 56.6 Å². The normalized spacial score (nSPS) is 12.0. The van der Waals surface area contributed by atoms with Crippen molar-refractivity contribution in [2.45, 2.75) is 70.4 Å². The maximum atomic E-state index is 13.7. The van der Waals surface area contributed by atoms with Gasteiger partial charge in [-0.1, -0.05) is 6.92 Å². The van der Waals surface area contributed by atoms with E-state index in [4.69, 9.17) is 23.7 Å². The first-order chi connectivity index (χ1) is 28.9. The highest BCUT2D eigenvalue weighted by Crippen LogP contribution is 2.26. The Kier molecular flexibility index (Phi) is 19.7. The number of anilines is 1. The minimum atomic E-state index is -4.27. The molecule has 4 rings (SSSR count). The first kappa shape index (κ1) is 47.6. The molecule has 2 aromatic heterocycles. The summed E-state index contributed by atoms with van der Waals surface area (Å²) in [6, 6.07) is 6.88. The molecular weight excluding hydrogens is 797 g/mol. The number of aromatic nitrogens is 4. The van der Waals surface area contributed by atoms with Crippen LogP contribution in [0.3, 0.4) is 0 Å². The quantitative estimate of drug-likeness (QED) is 0.0457. The van der Waals surface area contributed by atoms with E-state index in [1.165, 1.54) is 0 Å². The predicted molar refractivity (Wildman–Crippen MR) is 226 cm³/mol. The molecular formula is C41H60N8O10S. The van der Waals surface area contributed by atoms with Crippen LogP contribution in [0.4, 0.5) is 5.95 Å². The van der Waals surface area contributed by atoms with Crippen molar-refractivity contribution in [3.8, 4) is 5.75 Å². The van der Waals surface area contributed by atoms with Crippen LogP contribution in [0.5, 0.6) is 5.75 Å². The van der Waals surface area contributed by atoms with Gasteiger partial charge in [0.25, 0.3) is 5.91 Å². The number of nitrogens with one attached hydrogen (secondary N) is 4. The van der Waals surface area contributed by atoms with Crippen molar-refractivity contribution >= 4 is 44.7 Å². The van der Waals surface area contributed by atoms with Gasteiger partial charge in [0.2, 0.25) is 21.9 Å². The molecule has 0 aliphatic rings. The zero-order chi connectivity index (χ0) is 43.3. The second-order valence-electron chi connectivity index (χ2n) is 14.1. The van der Waals surface area contributed by atoms with Crippen molar-refractivity contribution in [3.05, 3.63) is 65.6 Å². The van der Waals surface area contributed by atoms with Gasteiger partial charge in [0.1, 0.15) is 11.8 Å². The van der Waals surface area contributed by atoms with Gasteiger partial charge in [-0.05, 0) is 81.0 Å². The number of sulfonamides is 1. The standard InChI is InChI=1S/C41H60N8O10S/c1-6-18-56-21-23-58-24-22-57-19-9-14-42-37(50)10-7-20-59-34-25-30(2)38(31(3)26-34)60(53,54)47-35(40(52)55-5)29-45-39(51)32-11-12-36-33(27-32)28-46-49(36)16-8-13-43-41-44-15-17-48(41)4/h11-12,15,17,25-28,35,47H,6-10,13-14,16,18-24,29H2,1-5H3,(H,42,50)(H,43,44)(H,45,51)/t35-/m0/s1. The molecule has 0 aliphatic carbocycles. The van der Waals surface area contributed by atoms with Crippen LogP contribution in [0.2, 0.25) is 0 Å². The van der Waals surface area contributed by atoms with E-state index in [2.05, 4.69) is 37.7 Å². The lowest BCUT2D eigenvalue weighted by atomic mass is 10.1. The Bertz CT molecular complexity index is 2060. The largest absolute Gasteiger partial charge is 0.494 e. The van der Waals surface area contributed by atoms with Crippen LogP contribution in [0, 0.1) is 13.8 Å². The molecule has 18 nitrogen and oxygen atoms in total. The number of hydrogen-bond acceptors (Lipinski definition) is 13. The van der Waals surface area contributed by atoms with Crippen molar-refractivity contribution in [1.82, 2.24) is 34.7 Å². The molecule has 0 saturated carbocycles. The third-order valence-corrected chi connectivity index (χ3v) is 11.0. The topological polar surface area (TPSA) is 215 Å². The molecule has 19 heteroatoms. The summed E-state index contributed by atoms with van der Waals surface area (Å²) in [4.78, 5) is 42.4. The summed E-state index contributed by atoms with van der Waals surface area (Å²) in [6.07, 6.45) is 8.44. The van der Waals surface area contributed by atoms with Crippen LogP contribution in [0.25, 0.3) is 10.9 Å². The second kappa shape index (κ2) is 24.9. The summed E-state index contributed by atoms with van der Waals surface area (Å²) in [5, 5.41) is 14.0. The minimum Gasteiger partial charge on any atom is -0.494 e. The number of benzene rings is 2. The summed E-state index contributed by atoms with van der Waals surface area (Å²) in [7, 11) is -1.21. The molecule has 330 valence electrons. The maximum Gasteiger partial charge on any atom is 0.325 e. The van der Waals surface area contributed by atoms with Crippen LogP contribution in [-0.4, -0.2) is 125 Å². The predicted octanol–water partition coefficient (Wildman–Crippen LogP) is 3.26. The van der Waals surface area contributed by atoms with Crippen molar-refractivity contribution in [2.75, 3.05) is 78.3 Å². The average Bonchev–Trinajstić information content (AvgIpc) is 3.83. The monoisotopic (exact) mass is 856 g/mol. The van der Waals surface area contributed by atoms with Crippen molar-refractivity contribution in [1.29, 1.82) is 0 Å². The molecule has 1 atom stereocenters. The lowest BCUT2D eigenvalue weighted by Crippen LogP contribution is -2.49. The summed E-state index contributed by atoms with van der Waals surface area (Å²) < 4.78 is 60.5. The van der Waals surface area contributed by atoms with E-state index < -0.39 is 27.9 Å². The third-order valence-electron chi connectivity index (χ3n) is 9.20. The number of amides is 2. The number of nitrogens with zero attached hydrogens (tertiary/aromatic N) is 4. The number of carbonyl (C=O) groups is 3. The summed E-state index contributed by atoms with van der Waals surface area (Å²) in [6.45, 7) is 10.4. The van der Waals surface area contributed by atoms with Gasteiger partial charge in [-0.25, -0.2) is 13.4 Å². The molecule has 0 fully saturated rings. The smallest absolute Gasteiger partial charge is 0.325 e. The first-order valence-corrected chi connectivity index (χ1v) is 21.7. The summed E-state index contributed by atoms with van der Waals surface area (Å²) in [5.41, 5.74) is 1.94. The van der Waals surface area contributed by atoms with Gasteiger partial charge in [0.05, 0.1) is 56.8 Å². The van der Waals surface area contributed by atoms with Crippen molar-refractivity contribution < 1.29 is 46.5 Å². The molecule has 0 bridgehead atoms. The molecule has 4 N–H and O–H groups in total. The number of rotatable bonds is 29. The number of methoxy groups -OCH3 is 1. The Hall–Kier alpha value is -5.08. The van der Waals surface area contributed by atoms with E-state index in [0.717, 1.165) is 43.4 Å². The molecule has 2 aromatic carbocycles. The molecule has 0 spiro atoms. The van der Waals surface area contributed by atoms with Crippen LogP contribution >= 0.6 is 0 Å². The number of esters is 1. The Labute approximate surface area is 352 Å². The minimum absolute atomic E-state index is 0.0298. The van der Waals surface area contributed by atoms with Crippen LogP contribution in [0.15, 0.2) is 53.8 Å². The van der Waals surface area contributed by atoms with Crippen molar-refractivity contribution in [2.24, 2.45) is 7.05 Å². The van der Waals surface area contributed by atoms with Crippen LogP contribution < -0.4 is 25.4 Å². The van der Waals surface area contributed by atoms with Gasteiger partial charge in [0, 0.05) is 76.2 Å². The second-order valence-corrected chi connectivity index (χ2v) is 15.7. The number of carbonyl (C=O) groups excluding carboxylic acids is 3. The third kappa shape index (κ3) is 15.2. The van der Waals surface area contributed by atoms with Crippen LogP contribution in [-0.2, 0) is 52.2 Å². The SMILES string of the molecule is CCCOCCOCCOCCCNC(=O)CCCOc1cc(C)c(S(=O)(=O)N[C@@H](CNC(=O)c2ccc3c(cnn3CCCNc3nccn3C)c2)C(=O)OC)c(C)c1. The fraction of sp³-hybridized carbons (Fsp3) is 0.537. The molecule has 0 radical (unpaired) electrons. The zero-order valence-electron chi connectivity index (χ0n) is 35.3. The Morgan fingerprint density at radius 1 is 0.867 bits per heavy atom. The van der Waals surface area contributed by atoms with E-state index >= 15 is 0 Å². The average molecular weight is 857 g/mol. The number of hydrogen-bond donors (Lipinski definition) is 4. The first-order valence-electron chi connectivity index (χ1n) is 20.2. The Balaban J connectivity index is 1.19. The van der Waals surface area contributed by atoms with Gasteiger partial charge in [-0.3, -0.25) is 19.1 Å². The fourth-order valence-corrected chi connectivity index (χ4v) is 7.88. The van der Waals surface area contributed by atoms with Crippen molar-refractivity contribution in [3.63, 3.8) is 0 Å². The lowest BCUT2D eigenvalue weighted by Gasteiger charge is -2.20. The molecule has 4 aromatic rings. The highest BCUT2D eigenvalue weighted by Gasteiger charge is 2.29. The van der Waals surface area contributed by atoms with Gasteiger partial charge in [-0.15, -0.1) is 0 Å². The molecule has 2 heterocycles. The van der Waals surface area contributed by atoms with Crippen LogP contribution in [0.1, 0.15) is 60.5 Å². The van der Waals surface area contributed by atoms with E-state index in [0.29, 0.717) is 88.0 Å². The van der Waals surface area contributed by atoms with E-state index in [-0.39, 0.29) is 30.4 Å². The van der Waals surface area contributed by atoms with Gasteiger partial charge >= 0.3 is 5.97 Å². The van der Waals surface area contributed by atoms with Gasteiger partial charge < -0.3 is 44.2 Å². The molecule has 0 aliphatic heterocycles. The van der Waals surface area contributed by atoms with E-state index in [1.807, 2.05) is 22.5 Å². The summed E-state index contributed by atoms with van der Waals surface area (Å²) >= 11 is 0. The fourth-order valence-electron chi connectivity index (χ4n) is 6.25. The Morgan fingerprint density at radius 3 is 2.27 bits per heavy atom. The van der Waals surface area contributed by atoms with Gasteiger partial charge in [-0.2, -0.15) is 9.82 Å². The summed E-state index contributed by atoms with van der Waals surface area (Å²) in [5.74, 6) is -0.250. The zero-order valence-corrected chi connectivity index (χ0v) is 36.1. The van der Waals surface area contributed by atoms with E-state index in [9.17, 15) is 22.8 Å². The number of imidazole rings is 1. The molecule has 0 unspecified atom stereocenters. The van der Waals surface area contributed by atoms with Gasteiger partial charge in [0.15, 0.2) is 0 Å². The highest BCUT2D eigenvalue weighted by molar-refractivity contribution is 7.89.